The topological polar surface area (TPSA) is 78.9 Å². The molecule has 1 atom stereocenters. The van der Waals surface area contributed by atoms with Crippen LogP contribution in [-0.2, 0) is 28.6 Å². The van der Waals surface area contributed by atoms with Gasteiger partial charge in [0.05, 0.1) is 0 Å². The molecule has 0 aliphatic rings. The van der Waals surface area contributed by atoms with E-state index < -0.39 is 6.10 Å². The van der Waals surface area contributed by atoms with E-state index in [0.717, 1.165) is 57.8 Å². The van der Waals surface area contributed by atoms with Gasteiger partial charge in [-0.15, -0.1) is 0 Å². The number of unbranched alkanes of at least 4 members (excludes halogenated alkanes) is 53. The van der Waals surface area contributed by atoms with Gasteiger partial charge >= 0.3 is 17.9 Å². The maximum atomic E-state index is 12.9. The Morgan fingerprint density at radius 1 is 0.237 bits per heavy atom. The lowest BCUT2D eigenvalue weighted by Crippen LogP contribution is -2.30. The molecule has 0 fully saturated rings. The van der Waals surface area contributed by atoms with Crippen molar-refractivity contribution in [3.8, 4) is 0 Å². The normalized spacial score (nSPS) is 12.1. The molecular weight excluding hydrogens is 985 g/mol. The quantitative estimate of drug-likeness (QED) is 0.0261. The highest BCUT2D eigenvalue weighted by atomic mass is 16.6. The molecule has 0 heterocycles. The monoisotopic (exact) mass is 1130 g/mol. The maximum Gasteiger partial charge on any atom is 0.306 e. The third-order valence-corrected chi connectivity index (χ3v) is 16.7. The first-order valence-corrected chi connectivity index (χ1v) is 36.3. The van der Waals surface area contributed by atoms with Gasteiger partial charge in [0.2, 0.25) is 0 Å². The average Bonchev–Trinajstić information content (AvgIpc) is 3.46. The van der Waals surface area contributed by atoms with Gasteiger partial charge in [-0.05, 0) is 70.6 Å². The van der Waals surface area contributed by atoms with E-state index in [4.69, 9.17) is 14.2 Å². The molecule has 0 bridgehead atoms. The molecule has 0 saturated heterocycles. The van der Waals surface area contributed by atoms with Crippen molar-refractivity contribution in [2.75, 3.05) is 13.2 Å². The molecule has 80 heavy (non-hydrogen) atoms. The second-order valence-corrected chi connectivity index (χ2v) is 24.9. The minimum Gasteiger partial charge on any atom is -0.462 e. The molecular formula is C74H140O6. The van der Waals surface area contributed by atoms with Gasteiger partial charge in [0, 0.05) is 19.3 Å². The van der Waals surface area contributed by atoms with Gasteiger partial charge in [0.15, 0.2) is 6.10 Å². The second kappa shape index (κ2) is 69.4. The number of ether oxygens (including phenoxy) is 3. The summed E-state index contributed by atoms with van der Waals surface area (Å²) in [4.78, 5) is 38.2. The van der Waals surface area contributed by atoms with Crippen molar-refractivity contribution < 1.29 is 28.6 Å². The van der Waals surface area contributed by atoms with Crippen molar-refractivity contribution in [2.45, 2.75) is 419 Å². The van der Waals surface area contributed by atoms with Crippen LogP contribution in [0.2, 0.25) is 0 Å². The molecule has 0 saturated carbocycles. The highest BCUT2D eigenvalue weighted by Gasteiger charge is 2.19. The SMILES string of the molecule is CCCCCCCCC/C=C\CCCCCCCCCC(=O)OC(COC(=O)CCCCCCCCCCC)COC(=O)CCCCCCCCCCCCCCCCCCCCCCCCC/C=C\CCCCCCCCCC. The molecule has 0 aliphatic heterocycles. The summed E-state index contributed by atoms with van der Waals surface area (Å²) >= 11 is 0. The highest BCUT2D eigenvalue weighted by Crippen LogP contribution is 2.19. The van der Waals surface area contributed by atoms with Crippen LogP contribution in [-0.4, -0.2) is 37.2 Å². The number of rotatable bonds is 68. The number of carbonyl (C=O) groups excluding carboxylic acids is 3. The molecule has 0 N–H and O–H groups in total. The summed E-state index contributed by atoms with van der Waals surface area (Å²) in [5.74, 6) is -0.846. The van der Waals surface area contributed by atoms with Crippen LogP contribution in [0.5, 0.6) is 0 Å². The summed E-state index contributed by atoms with van der Waals surface area (Å²) in [5.41, 5.74) is 0. The van der Waals surface area contributed by atoms with E-state index in [1.54, 1.807) is 0 Å². The van der Waals surface area contributed by atoms with Gasteiger partial charge in [-0.2, -0.15) is 0 Å². The van der Waals surface area contributed by atoms with Crippen LogP contribution >= 0.6 is 0 Å². The van der Waals surface area contributed by atoms with Crippen LogP contribution in [0.3, 0.4) is 0 Å². The van der Waals surface area contributed by atoms with E-state index in [2.05, 4.69) is 45.1 Å². The van der Waals surface area contributed by atoms with Gasteiger partial charge in [-0.1, -0.05) is 347 Å². The van der Waals surface area contributed by atoms with Crippen LogP contribution in [0.4, 0.5) is 0 Å². The minimum atomic E-state index is -0.769. The van der Waals surface area contributed by atoms with Crippen LogP contribution in [0.25, 0.3) is 0 Å². The third kappa shape index (κ3) is 66.7. The molecule has 0 aromatic carbocycles. The number of allylic oxidation sites excluding steroid dienone is 4. The van der Waals surface area contributed by atoms with Crippen molar-refractivity contribution in [1.82, 2.24) is 0 Å². The molecule has 0 aromatic rings. The van der Waals surface area contributed by atoms with Gasteiger partial charge < -0.3 is 14.2 Å². The minimum absolute atomic E-state index is 0.0667. The number of esters is 3. The van der Waals surface area contributed by atoms with Gasteiger partial charge in [-0.25, -0.2) is 0 Å². The van der Waals surface area contributed by atoms with E-state index in [1.807, 2.05) is 0 Å². The van der Waals surface area contributed by atoms with E-state index >= 15 is 0 Å². The van der Waals surface area contributed by atoms with Crippen molar-refractivity contribution in [1.29, 1.82) is 0 Å². The first-order chi connectivity index (χ1) is 39.5. The molecule has 6 heteroatoms. The van der Waals surface area contributed by atoms with Crippen LogP contribution in [0.15, 0.2) is 24.3 Å². The predicted octanol–water partition coefficient (Wildman–Crippen LogP) is 25.0. The molecule has 0 amide bonds. The van der Waals surface area contributed by atoms with Crippen LogP contribution in [0.1, 0.15) is 412 Å². The molecule has 472 valence electrons. The van der Waals surface area contributed by atoms with Crippen molar-refractivity contribution in [3.05, 3.63) is 24.3 Å². The third-order valence-electron chi connectivity index (χ3n) is 16.7. The Morgan fingerprint density at radius 2 is 0.412 bits per heavy atom. The van der Waals surface area contributed by atoms with Gasteiger partial charge in [0.1, 0.15) is 13.2 Å². The lowest BCUT2D eigenvalue weighted by Gasteiger charge is -2.18. The van der Waals surface area contributed by atoms with E-state index in [0.29, 0.717) is 19.3 Å². The van der Waals surface area contributed by atoms with Crippen molar-refractivity contribution in [3.63, 3.8) is 0 Å². The van der Waals surface area contributed by atoms with E-state index in [-0.39, 0.29) is 31.1 Å². The Balaban J connectivity index is 3.98. The highest BCUT2D eigenvalue weighted by molar-refractivity contribution is 5.71. The Hall–Kier alpha value is -2.11. The number of carbonyl (C=O) groups is 3. The zero-order valence-corrected chi connectivity index (χ0v) is 54.4. The molecule has 0 rings (SSSR count). The predicted molar refractivity (Wildman–Crippen MR) is 349 cm³/mol. The van der Waals surface area contributed by atoms with E-state index in [9.17, 15) is 14.4 Å². The maximum absolute atomic E-state index is 12.9. The first kappa shape index (κ1) is 77.9. The summed E-state index contributed by atoms with van der Waals surface area (Å²) in [6, 6.07) is 0. The largest absolute Gasteiger partial charge is 0.462 e. The molecule has 0 radical (unpaired) electrons. The second-order valence-electron chi connectivity index (χ2n) is 24.9. The fourth-order valence-corrected chi connectivity index (χ4v) is 11.2. The van der Waals surface area contributed by atoms with Crippen molar-refractivity contribution >= 4 is 17.9 Å². The lowest BCUT2D eigenvalue weighted by molar-refractivity contribution is -0.167. The zero-order valence-electron chi connectivity index (χ0n) is 54.4. The fourth-order valence-electron chi connectivity index (χ4n) is 11.2. The summed E-state index contributed by atoms with van der Waals surface area (Å²) in [7, 11) is 0. The number of hydrogen-bond donors (Lipinski definition) is 0. The summed E-state index contributed by atoms with van der Waals surface area (Å²) < 4.78 is 16.9. The Morgan fingerprint density at radius 3 is 0.625 bits per heavy atom. The Labute approximate surface area is 500 Å². The molecule has 0 aliphatic carbocycles. The zero-order chi connectivity index (χ0) is 57.8. The number of hydrogen-bond acceptors (Lipinski definition) is 6. The fraction of sp³-hybridized carbons (Fsp3) is 0.905. The van der Waals surface area contributed by atoms with Crippen LogP contribution < -0.4 is 0 Å². The average molecular weight is 1130 g/mol. The molecule has 0 aromatic heterocycles. The van der Waals surface area contributed by atoms with Crippen molar-refractivity contribution in [2.24, 2.45) is 0 Å². The van der Waals surface area contributed by atoms with Gasteiger partial charge in [0.25, 0.3) is 0 Å². The summed E-state index contributed by atoms with van der Waals surface area (Å²) in [6.45, 7) is 6.68. The first-order valence-electron chi connectivity index (χ1n) is 36.3. The standard InChI is InChI=1S/C74H140O6/c1-4-7-10-13-16-19-21-23-25-27-29-30-31-32-33-34-35-36-37-38-39-40-41-42-43-44-45-47-48-50-52-55-58-61-64-67-73(76)79-70-71(69-78-72(75)66-63-60-57-54-18-15-12-9-6-3)80-74(77)68-65-62-59-56-53-51-49-46-28-26-24-22-20-17-14-11-8-5-2/h26-29,71H,4-25,30-70H2,1-3H3/b28-26-,29-27-. The van der Waals surface area contributed by atoms with Crippen LogP contribution in [0, 0.1) is 0 Å². The summed E-state index contributed by atoms with van der Waals surface area (Å²) in [5, 5.41) is 0. The Kier molecular flexibility index (Phi) is 67.6. The van der Waals surface area contributed by atoms with Gasteiger partial charge in [-0.3, -0.25) is 14.4 Å². The molecule has 6 nitrogen and oxygen atoms in total. The smallest absolute Gasteiger partial charge is 0.306 e. The Bertz CT molecular complexity index is 1290. The lowest BCUT2D eigenvalue weighted by atomic mass is 10.0. The molecule has 1 unspecified atom stereocenters. The molecule has 0 spiro atoms. The summed E-state index contributed by atoms with van der Waals surface area (Å²) in [6.07, 6.45) is 85.3. The van der Waals surface area contributed by atoms with E-state index in [1.165, 1.54) is 315 Å².